The summed E-state index contributed by atoms with van der Waals surface area (Å²) in [5.41, 5.74) is 0. The van der Waals surface area contributed by atoms with E-state index in [9.17, 15) is 21.6 Å². The fourth-order valence-electron chi connectivity index (χ4n) is 1.24. The fourth-order valence-corrected chi connectivity index (χ4v) is 3.12. The molecular weight excluding hydrogens is 308 g/mol. The molecule has 1 rings (SSSR count). The van der Waals surface area contributed by atoms with Gasteiger partial charge in [0.25, 0.3) is 0 Å². The molecule has 0 aliphatic carbocycles. The summed E-state index contributed by atoms with van der Waals surface area (Å²) in [5.74, 6) is -1.32. The number of carbonyl (C=O) groups is 1. The minimum atomic E-state index is -3.98. The van der Waals surface area contributed by atoms with Crippen molar-refractivity contribution in [2.45, 2.75) is 9.79 Å². The molecule has 0 fully saturated rings. The van der Waals surface area contributed by atoms with Crippen molar-refractivity contribution < 1.29 is 26.7 Å². The number of carboxylic acid groups (broad SMARTS) is 1. The summed E-state index contributed by atoms with van der Waals surface area (Å²) in [6.45, 7) is -0.750. The smallest absolute Gasteiger partial charge is 0.318 e. The normalized spacial score (nSPS) is 12.6. The zero-order chi connectivity index (χ0) is 15.6. The van der Waals surface area contributed by atoms with Crippen LogP contribution in [0.3, 0.4) is 0 Å². The number of carboxylic acids is 1. The van der Waals surface area contributed by atoms with E-state index in [1.807, 2.05) is 4.72 Å². The third kappa shape index (κ3) is 3.76. The predicted octanol–water partition coefficient (Wildman–Crippen LogP) is -0.700. The number of rotatable bonds is 6. The molecule has 20 heavy (non-hydrogen) atoms. The van der Waals surface area contributed by atoms with Crippen LogP contribution in [-0.4, -0.2) is 52.9 Å². The van der Waals surface area contributed by atoms with E-state index in [2.05, 4.69) is 0 Å². The van der Waals surface area contributed by atoms with Gasteiger partial charge in [0, 0.05) is 14.1 Å². The van der Waals surface area contributed by atoms with Gasteiger partial charge in [-0.15, -0.1) is 0 Å². The van der Waals surface area contributed by atoms with Gasteiger partial charge in [-0.05, 0) is 24.3 Å². The average molecular weight is 322 g/mol. The lowest BCUT2D eigenvalue weighted by Crippen LogP contribution is -2.29. The lowest BCUT2D eigenvalue weighted by atomic mass is 10.4. The largest absolute Gasteiger partial charge is 0.480 e. The third-order valence-electron chi connectivity index (χ3n) is 2.33. The van der Waals surface area contributed by atoms with E-state index in [1.165, 1.54) is 14.1 Å². The first kappa shape index (κ1) is 16.6. The fraction of sp³-hybridized carbons (Fsp3) is 0.300. The Bertz CT molecular complexity index is 692. The molecule has 0 saturated carbocycles. The number of hydrogen-bond donors (Lipinski definition) is 2. The number of nitrogens with zero attached hydrogens (tertiary/aromatic N) is 1. The second kappa shape index (κ2) is 5.87. The lowest BCUT2D eigenvalue weighted by Gasteiger charge is -2.11. The van der Waals surface area contributed by atoms with Gasteiger partial charge < -0.3 is 5.11 Å². The Labute approximate surface area is 117 Å². The van der Waals surface area contributed by atoms with Crippen molar-refractivity contribution in [3.05, 3.63) is 24.3 Å². The summed E-state index contributed by atoms with van der Waals surface area (Å²) >= 11 is 0. The molecule has 0 unspecified atom stereocenters. The number of sulfonamides is 2. The van der Waals surface area contributed by atoms with Crippen molar-refractivity contribution in [3.8, 4) is 0 Å². The van der Waals surface area contributed by atoms with Crippen LogP contribution >= 0.6 is 0 Å². The van der Waals surface area contributed by atoms with Crippen LogP contribution in [-0.2, 0) is 24.8 Å². The minimum Gasteiger partial charge on any atom is -0.480 e. The first-order chi connectivity index (χ1) is 9.07. The average Bonchev–Trinajstić information content (AvgIpc) is 2.36. The van der Waals surface area contributed by atoms with Gasteiger partial charge in [0.15, 0.2) is 0 Å². The van der Waals surface area contributed by atoms with E-state index in [1.54, 1.807) is 0 Å². The molecule has 0 bridgehead atoms. The summed E-state index contributed by atoms with van der Waals surface area (Å²) in [7, 11) is -4.91. The number of hydrogen-bond acceptors (Lipinski definition) is 5. The molecule has 0 aromatic heterocycles. The van der Waals surface area contributed by atoms with Gasteiger partial charge in [0.1, 0.15) is 6.54 Å². The molecule has 2 N–H and O–H groups in total. The van der Waals surface area contributed by atoms with Crippen LogP contribution in [0.15, 0.2) is 34.1 Å². The number of benzene rings is 1. The molecule has 0 aliphatic rings. The molecule has 0 heterocycles. The first-order valence-corrected chi connectivity index (χ1v) is 8.24. The molecule has 1 aromatic rings. The Hall–Kier alpha value is -1.49. The molecule has 112 valence electrons. The maximum Gasteiger partial charge on any atom is 0.318 e. The highest BCUT2D eigenvalue weighted by Gasteiger charge is 2.19. The Morgan fingerprint density at radius 3 is 1.95 bits per heavy atom. The molecular formula is C10H14N2O6S2. The predicted molar refractivity (Wildman–Crippen MR) is 70.1 cm³/mol. The number of nitrogens with one attached hydrogen (secondary N) is 1. The van der Waals surface area contributed by atoms with Crippen LogP contribution in [0.1, 0.15) is 0 Å². The Morgan fingerprint density at radius 1 is 1.10 bits per heavy atom. The zero-order valence-electron chi connectivity index (χ0n) is 10.8. The number of aliphatic carboxylic acids is 1. The molecule has 8 nitrogen and oxygen atoms in total. The monoisotopic (exact) mass is 322 g/mol. The highest BCUT2D eigenvalue weighted by molar-refractivity contribution is 7.89. The van der Waals surface area contributed by atoms with Crippen LogP contribution < -0.4 is 4.72 Å². The van der Waals surface area contributed by atoms with E-state index in [-0.39, 0.29) is 9.79 Å². The van der Waals surface area contributed by atoms with Gasteiger partial charge in [-0.3, -0.25) is 4.79 Å². The molecule has 0 spiro atoms. The zero-order valence-corrected chi connectivity index (χ0v) is 12.4. The summed E-state index contributed by atoms with van der Waals surface area (Å²) in [5, 5.41) is 8.42. The second-order valence-corrected chi connectivity index (χ2v) is 7.90. The van der Waals surface area contributed by atoms with Crippen molar-refractivity contribution in [3.63, 3.8) is 0 Å². The van der Waals surface area contributed by atoms with Crippen molar-refractivity contribution >= 4 is 26.0 Å². The molecule has 10 heteroatoms. The highest BCUT2D eigenvalue weighted by Crippen LogP contribution is 2.16. The maximum absolute atomic E-state index is 11.8. The van der Waals surface area contributed by atoms with E-state index >= 15 is 0 Å². The van der Waals surface area contributed by atoms with Gasteiger partial charge in [-0.25, -0.2) is 21.1 Å². The van der Waals surface area contributed by atoms with Crippen LogP contribution in [0.2, 0.25) is 0 Å². The van der Waals surface area contributed by atoms with Crippen LogP contribution in [0, 0.1) is 0 Å². The Morgan fingerprint density at radius 2 is 1.55 bits per heavy atom. The third-order valence-corrected chi connectivity index (χ3v) is 5.57. The van der Waals surface area contributed by atoms with Gasteiger partial charge in [-0.2, -0.15) is 4.72 Å². The quantitative estimate of drug-likeness (QED) is 0.714. The van der Waals surface area contributed by atoms with E-state index in [4.69, 9.17) is 5.11 Å². The Kier molecular flexibility index (Phi) is 4.86. The second-order valence-electron chi connectivity index (χ2n) is 3.98. The molecule has 0 amide bonds. The van der Waals surface area contributed by atoms with Crippen molar-refractivity contribution in [2.24, 2.45) is 0 Å². The summed E-state index contributed by atoms with van der Waals surface area (Å²) in [6, 6.07) is 4.48. The topological polar surface area (TPSA) is 121 Å². The van der Waals surface area contributed by atoms with Crippen LogP contribution in [0.5, 0.6) is 0 Å². The summed E-state index contributed by atoms with van der Waals surface area (Å²) in [4.78, 5) is 10.1. The van der Waals surface area contributed by atoms with Crippen molar-refractivity contribution in [2.75, 3.05) is 20.6 Å². The van der Waals surface area contributed by atoms with Crippen molar-refractivity contribution in [1.82, 2.24) is 9.03 Å². The first-order valence-electron chi connectivity index (χ1n) is 5.31. The SMILES string of the molecule is CN(C)S(=O)(=O)c1ccc(S(=O)(=O)NCC(=O)O)cc1. The molecule has 0 saturated heterocycles. The summed E-state index contributed by atoms with van der Waals surface area (Å²) in [6.07, 6.45) is 0. The standard InChI is InChI=1S/C10H14N2O6S2/c1-12(2)20(17,18)9-5-3-8(4-6-9)19(15,16)11-7-10(13)14/h3-6,11H,7H2,1-2H3,(H,13,14). The molecule has 0 radical (unpaired) electrons. The van der Waals surface area contributed by atoms with Gasteiger partial charge in [0.2, 0.25) is 20.0 Å². The maximum atomic E-state index is 11.8. The van der Waals surface area contributed by atoms with Gasteiger partial charge in [-0.1, -0.05) is 0 Å². The van der Waals surface area contributed by atoms with Gasteiger partial charge >= 0.3 is 5.97 Å². The molecule has 0 atom stereocenters. The molecule has 1 aromatic carbocycles. The highest BCUT2D eigenvalue weighted by atomic mass is 32.2. The molecule has 0 aliphatic heterocycles. The van der Waals surface area contributed by atoms with E-state index in [0.29, 0.717) is 0 Å². The van der Waals surface area contributed by atoms with Crippen LogP contribution in [0.25, 0.3) is 0 Å². The summed E-state index contributed by atoms with van der Waals surface area (Å²) < 4.78 is 49.8. The van der Waals surface area contributed by atoms with E-state index in [0.717, 1.165) is 28.6 Å². The minimum absolute atomic E-state index is 0.0558. The Balaban J connectivity index is 3.06. The van der Waals surface area contributed by atoms with E-state index < -0.39 is 32.6 Å². The van der Waals surface area contributed by atoms with Gasteiger partial charge in [0.05, 0.1) is 9.79 Å². The van der Waals surface area contributed by atoms with Crippen molar-refractivity contribution in [1.29, 1.82) is 0 Å². The lowest BCUT2D eigenvalue weighted by molar-refractivity contribution is -0.135. The van der Waals surface area contributed by atoms with Crippen LogP contribution in [0.4, 0.5) is 0 Å².